The van der Waals surface area contributed by atoms with E-state index >= 15 is 0 Å². The third-order valence-corrected chi connectivity index (χ3v) is 3.99. The molecule has 2 aromatic heterocycles. The Balaban J connectivity index is 1.52. The average molecular weight is 323 g/mol. The van der Waals surface area contributed by atoms with Crippen LogP contribution in [-0.4, -0.2) is 25.8 Å². The fourth-order valence-corrected chi connectivity index (χ4v) is 2.64. The second-order valence-electron chi connectivity index (χ2n) is 5.86. The molecular weight excluding hydrogens is 306 g/mol. The third kappa shape index (κ3) is 3.05. The molecule has 3 aromatic rings. The summed E-state index contributed by atoms with van der Waals surface area (Å²) in [4.78, 5) is 12.0. The SMILES string of the molecule is O=C(Cc1ccon1)NCc1nnc(C2CC2)n1-c1ccccc1. The smallest absolute Gasteiger partial charge is 0.226 e. The number of rotatable bonds is 6. The van der Waals surface area contributed by atoms with Gasteiger partial charge in [-0.05, 0) is 25.0 Å². The fourth-order valence-electron chi connectivity index (χ4n) is 2.64. The van der Waals surface area contributed by atoms with Crippen molar-refractivity contribution in [3.05, 3.63) is 60.0 Å². The van der Waals surface area contributed by atoms with Crippen molar-refractivity contribution >= 4 is 5.91 Å². The van der Waals surface area contributed by atoms with E-state index in [4.69, 9.17) is 4.52 Å². The summed E-state index contributed by atoms with van der Waals surface area (Å²) in [5.74, 6) is 2.05. The number of carbonyl (C=O) groups is 1. The Hall–Kier alpha value is -2.96. The van der Waals surface area contributed by atoms with E-state index in [-0.39, 0.29) is 12.3 Å². The molecule has 0 unspecified atom stereocenters. The minimum atomic E-state index is -0.125. The van der Waals surface area contributed by atoms with Gasteiger partial charge in [-0.1, -0.05) is 23.4 Å². The highest BCUT2D eigenvalue weighted by Gasteiger charge is 2.30. The van der Waals surface area contributed by atoms with E-state index in [0.717, 1.165) is 30.2 Å². The highest BCUT2D eigenvalue weighted by atomic mass is 16.5. The van der Waals surface area contributed by atoms with Gasteiger partial charge in [0.05, 0.1) is 18.7 Å². The van der Waals surface area contributed by atoms with Gasteiger partial charge < -0.3 is 9.84 Å². The predicted octanol–water partition coefficient (Wildman–Crippen LogP) is 1.99. The maximum Gasteiger partial charge on any atom is 0.226 e. The van der Waals surface area contributed by atoms with Gasteiger partial charge in [0, 0.05) is 17.7 Å². The number of nitrogens with zero attached hydrogens (tertiary/aromatic N) is 4. The maximum atomic E-state index is 12.0. The normalized spacial score (nSPS) is 13.8. The zero-order chi connectivity index (χ0) is 16.4. The largest absolute Gasteiger partial charge is 0.364 e. The number of hydrogen-bond acceptors (Lipinski definition) is 5. The molecule has 4 rings (SSSR count). The zero-order valence-electron chi connectivity index (χ0n) is 13.1. The standard InChI is InChI=1S/C17H17N5O2/c23-16(10-13-8-9-24-21-13)18-11-15-19-20-17(12-6-7-12)22(15)14-4-2-1-3-5-14/h1-5,8-9,12H,6-7,10-11H2,(H,18,23). The van der Waals surface area contributed by atoms with Crippen LogP contribution in [0.15, 0.2) is 47.2 Å². The Morgan fingerprint density at radius 1 is 1.21 bits per heavy atom. The van der Waals surface area contributed by atoms with Gasteiger partial charge in [0.15, 0.2) is 5.82 Å². The zero-order valence-corrected chi connectivity index (χ0v) is 13.1. The summed E-state index contributed by atoms with van der Waals surface area (Å²) in [5, 5.41) is 15.2. The Morgan fingerprint density at radius 2 is 2.04 bits per heavy atom. The Labute approximate surface area is 138 Å². The van der Waals surface area contributed by atoms with Crippen LogP contribution in [-0.2, 0) is 17.8 Å². The molecule has 1 saturated carbocycles. The van der Waals surface area contributed by atoms with E-state index in [1.807, 2.05) is 34.9 Å². The minimum Gasteiger partial charge on any atom is -0.364 e. The average Bonchev–Trinajstić information content (AvgIpc) is 3.16. The van der Waals surface area contributed by atoms with Crippen molar-refractivity contribution in [2.45, 2.75) is 31.7 Å². The van der Waals surface area contributed by atoms with Crippen molar-refractivity contribution in [1.29, 1.82) is 0 Å². The first-order valence-electron chi connectivity index (χ1n) is 7.97. The molecule has 0 spiro atoms. The van der Waals surface area contributed by atoms with Crippen molar-refractivity contribution < 1.29 is 9.32 Å². The number of para-hydroxylation sites is 1. The van der Waals surface area contributed by atoms with E-state index in [1.165, 1.54) is 6.26 Å². The van der Waals surface area contributed by atoms with Crippen LogP contribution >= 0.6 is 0 Å². The van der Waals surface area contributed by atoms with Crippen molar-refractivity contribution in [2.75, 3.05) is 0 Å². The Kier molecular flexibility index (Phi) is 3.82. The lowest BCUT2D eigenvalue weighted by atomic mass is 10.3. The lowest BCUT2D eigenvalue weighted by Crippen LogP contribution is -2.26. The van der Waals surface area contributed by atoms with Crippen molar-refractivity contribution in [2.24, 2.45) is 0 Å². The molecule has 1 amide bonds. The molecule has 1 fully saturated rings. The molecule has 0 radical (unpaired) electrons. The molecule has 2 heterocycles. The Bertz CT molecular complexity index is 822. The molecule has 0 bridgehead atoms. The van der Waals surface area contributed by atoms with Crippen LogP contribution in [0.4, 0.5) is 0 Å². The van der Waals surface area contributed by atoms with E-state index < -0.39 is 0 Å². The van der Waals surface area contributed by atoms with Gasteiger partial charge in [0.2, 0.25) is 5.91 Å². The number of carbonyl (C=O) groups excluding carboxylic acids is 1. The van der Waals surface area contributed by atoms with Crippen LogP contribution in [0.3, 0.4) is 0 Å². The minimum absolute atomic E-state index is 0.125. The van der Waals surface area contributed by atoms with E-state index in [1.54, 1.807) is 6.07 Å². The molecule has 1 N–H and O–H groups in total. The van der Waals surface area contributed by atoms with Crippen LogP contribution in [0.1, 0.15) is 36.1 Å². The van der Waals surface area contributed by atoms with Crippen LogP contribution < -0.4 is 5.32 Å². The van der Waals surface area contributed by atoms with E-state index in [9.17, 15) is 4.79 Å². The Morgan fingerprint density at radius 3 is 2.75 bits per heavy atom. The lowest BCUT2D eigenvalue weighted by Gasteiger charge is -2.10. The number of benzene rings is 1. The summed E-state index contributed by atoms with van der Waals surface area (Å²) in [6.45, 7) is 0.325. The molecule has 7 heteroatoms. The summed E-state index contributed by atoms with van der Waals surface area (Å²) >= 11 is 0. The summed E-state index contributed by atoms with van der Waals surface area (Å²) in [5.41, 5.74) is 1.63. The van der Waals surface area contributed by atoms with Gasteiger partial charge in [0.1, 0.15) is 12.1 Å². The third-order valence-electron chi connectivity index (χ3n) is 3.99. The lowest BCUT2D eigenvalue weighted by molar-refractivity contribution is -0.120. The molecule has 0 aliphatic heterocycles. The van der Waals surface area contributed by atoms with Crippen molar-refractivity contribution in [1.82, 2.24) is 25.2 Å². The predicted molar refractivity (Wildman–Crippen MR) is 85.4 cm³/mol. The van der Waals surface area contributed by atoms with Gasteiger partial charge in [0.25, 0.3) is 0 Å². The quantitative estimate of drug-likeness (QED) is 0.750. The topological polar surface area (TPSA) is 85.8 Å². The molecule has 7 nitrogen and oxygen atoms in total. The second-order valence-corrected chi connectivity index (χ2v) is 5.86. The summed E-state index contributed by atoms with van der Waals surface area (Å²) in [7, 11) is 0. The number of aromatic nitrogens is 4. The van der Waals surface area contributed by atoms with Crippen molar-refractivity contribution in [3.8, 4) is 5.69 Å². The first-order valence-corrected chi connectivity index (χ1v) is 7.97. The highest BCUT2D eigenvalue weighted by molar-refractivity contribution is 5.77. The van der Waals surface area contributed by atoms with E-state index in [2.05, 4.69) is 20.7 Å². The first-order chi connectivity index (χ1) is 11.8. The van der Waals surface area contributed by atoms with Crippen molar-refractivity contribution in [3.63, 3.8) is 0 Å². The molecule has 122 valence electrons. The van der Waals surface area contributed by atoms with Gasteiger partial charge in [-0.15, -0.1) is 10.2 Å². The molecule has 0 saturated heterocycles. The molecule has 24 heavy (non-hydrogen) atoms. The van der Waals surface area contributed by atoms with E-state index in [0.29, 0.717) is 18.2 Å². The van der Waals surface area contributed by atoms with Crippen LogP contribution in [0.2, 0.25) is 0 Å². The molecule has 1 aromatic carbocycles. The first kappa shape index (κ1) is 14.6. The highest BCUT2D eigenvalue weighted by Crippen LogP contribution is 2.40. The number of amides is 1. The van der Waals surface area contributed by atoms with Crippen LogP contribution in [0.25, 0.3) is 5.69 Å². The van der Waals surface area contributed by atoms with Gasteiger partial charge in [-0.3, -0.25) is 9.36 Å². The van der Waals surface area contributed by atoms with Gasteiger partial charge in [-0.2, -0.15) is 0 Å². The maximum absolute atomic E-state index is 12.0. The molecular formula is C17H17N5O2. The van der Waals surface area contributed by atoms with Gasteiger partial charge in [-0.25, -0.2) is 0 Å². The monoisotopic (exact) mass is 323 g/mol. The second kappa shape index (κ2) is 6.27. The summed E-state index contributed by atoms with van der Waals surface area (Å²) in [6, 6.07) is 11.7. The molecule has 1 aliphatic rings. The summed E-state index contributed by atoms with van der Waals surface area (Å²) < 4.78 is 6.78. The molecule has 1 aliphatic carbocycles. The summed E-state index contributed by atoms with van der Waals surface area (Å²) in [6.07, 6.45) is 3.93. The fraction of sp³-hybridized carbons (Fsp3) is 0.294. The van der Waals surface area contributed by atoms with Crippen LogP contribution in [0, 0.1) is 0 Å². The van der Waals surface area contributed by atoms with Crippen LogP contribution in [0.5, 0.6) is 0 Å². The number of nitrogens with one attached hydrogen (secondary N) is 1. The number of hydrogen-bond donors (Lipinski definition) is 1. The van der Waals surface area contributed by atoms with Gasteiger partial charge >= 0.3 is 0 Å². The molecule has 0 atom stereocenters.